The van der Waals surface area contributed by atoms with Crippen LogP contribution in [0.3, 0.4) is 0 Å². The fourth-order valence-electron chi connectivity index (χ4n) is 2.50. The molecule has 2 unspecified atom stereocenters. The first-order valence-electron chi connectivity index (χ1n) is 8.68. The van der Waals surface area contributed by atoms with Gasteiger partial charge in [-0.05, 0) is 38.2 Å². The highest BCUT2D eigenvalue weighted by Gasteiger charge is 2.31. The van der Waals surface area contributed by atoms with Gasteiger partial charge in [-0.3, -0.25) is 4.99 Å². The standard InChI is InChI=1S/C18H29N3O3S/c1-4-19-17(21-12-18(22)9-10-25-13-18)20-11-14(2)24-16-8-6-5-7-15(16)23-3/h5-8,14,22H,4,9-13H2,1-3H3,(H2,19,20,21). The number of hydrogen-bond acceptors (Lipinski definition) is 5. The quantitative estimate of drug-likeness (QED) is 0.481. The SMILES string of the molecule is CCNC(=NCC1(O)CCSC1)NCC(C)Oc1ccccc1OC. The first kappa shape index (κ1) is 19.7. The lowest BCUT2D eigenvalue weighted by Gasteiger charge is -2.21. The summed E-state index contributed by atoms with van der Waals surface area (Å²) in [5.41, 5.74) is -0.674. The molecule has 25 heavy (non-hydrogen) atoms. The Balaban J connectivity index is 1.87. The summed E-state index contributed by atoms with van der Waals surface area (Å²) in [6.07, 6.45) is 0.735. The number of thioether (sulfide) groups is 1. The van der Waals surface area contributed by atoms with Crippen molar-refractivity contribution < 1.29 is 14.6 Å². The van der Waals surface area contributed by atoms with Crippen LogP contribution < -0.4 is 20.1 Å². The molecule has 0 aliphatic carbocycles. The number of ether oxygens (including phenoxy) is 2. The second-order valence-corrected chi connectivity index (χ2v) is 7.29. The maximum absolute atomic E-state index is 10.4. The molecular weight excluding hydrogens is 338 g/mol. The van der Waals surface area contributed by atoms with Gasteiger partial charge in [-0.1, -0.05) is 12.1 Å². The molecule has 2 rings (SSSR count). The maximum Gasteiger partial charge on any atom is 0.191 e. The molecule has 1 heterocycles. The number of rotatable bonds is 8. The number of hydrogen-bond donors (Lipinski definition) is 3. The summed E-state index contributed by atoms with van der Waals surface area (Å²) >= 11 is 1.78. The van der Waals surface area contributed by atoms with Gasteiger partial charge in [0.25, 0.3) is 0 Å². The average molecular weight is 368 g/mol. The van der Waals surface area contributed by atoms with Crippen LogP contribution >= 0.6 is 11.8 Å². The van der Waals surface area contributed by atoms with Crippen LogP contribution in [-0.2, 0) is 0 Å². The molecule has 0 bridgehead atoms. The third-order valence-electron chi connectivity index (χ3n) is 3.91. The van der Waals surface area contributed by atoms with Crippen molar-refractivity contribution in [2.75, 3.05) is 38.2 Å². The van der Waals surface area contributed by atoms with Crippen molar-refractivity contribution in [3.8, 4) is 11.5 Å². The van der Waals surface area contributed by atoms with Crippen LogP contribution in [0.25, 0.3) is 0 Å². The predicted octanol–water partition coefficient (Wildman–Crippen LogP) is 1.89. The van der Waals surface area contributed by atoms with Gasteiger partial charge in [0.1, 0.15) is 6.10 Å². The zero-order valence-corrected chi connectivity index (χ0v) is 16.1. The third-order valence-corrected chi connectivity index (χ3v) is 5.15. The largest absolute Gasteiger partial charge is 0.493 e. The van der Waals surface area contributed by atoms with E-state index in [0.717, 1.165) is 36.0 Å². The Morgan fingerprint density at radius 1 is 1.36 bits per heavy atom. The van der Waals surface area contributed by atoms with Gasteiger partial charge < -0.3 is 25.2 Å². The van der Waals surface area contributed by atoms with Crippen molar-refractivity contribution in [2.24, 2.45) is 4.99 Å². The molecule has 1 fully saturated rings. The summed E-state index contributed by atoms with van der Waals surface area (Å²) in [4.78, 5) is 4.53. The molecule has 7 heteroatoms. The van der Waals surface area contributed by atoms with Gasteiger partial charge in [-0.25, -0.2) is 0 Å². The number of guanidine groups is 1. The molecule has 0 amide bonds. The van der Waals surface area contributed by atoms with Gasteiger partial charge in [-0.2, -0.15) is 11.8 Å². The van der Waals surface area contributed by atoms with Crippen LogP contribution in [-0.4, -0.2) is 61.0 Å². The van der Waals surface area contributed by atoms with E-state index in [9.17, 15) is 5.11 Å². The Labute approximate surface area is 154 Å². The molecule has 3 N–H and O–H groups in total. The van der Waals surface area contributed by atoms with E-state index in [1.54, 1.807) is 18.9 Å². The number of nitrogens with one attached hydrogen (secondary N) is 2. The Bertz CT molecular complexity index is 562. The molecule has 0 aromatic heterocycles. The second kappa shape index (κ2) is 9.77. The minimum Gasteiger partial charge on any atom is -0.493 e. The van der Waals surface area contributed by atoms with Crippen molar-refractivity contribution in [2.45, 2.75) is 32.0 Å². The van der Waals surface area contributed by atoms with Crippen LogP contribution in [0.1, 0.15) is 20.3 Å². The zero-order chi connectivity index (χ0) is 18.1. The van der Waals surface area contributed by atoms with Gasteiger partial charge in [0.05, 0.1) is 25.8 Å². The number of para-hydroxylation sites is 2. The van der Waals surface area contributed by atoms with E-state index in [1.165, 1.54) is 0 Å². The van der Waals surface area contributed by atoms with E-state index in [0.29, 0.717) is 19.0 Å². The maximum atomic E-state index is 10.4. The van der Waals surface area contributed by atoms with Crippen molar-refractivity contribution >= 4 is 17.7 Å². The molecule has 2 atom stereocenters. The third kappa shape index (κ3) is 6.32. The van der Waals surface area contributed by atoms with Crippen molar-refractivity contribution in [1.82, 2.24) is 10.6 Å². The van der Waals surface area contributed by atoms with Gasteiger partial charge in [0.2, 0.25) is 0 Å². The summed E-state index contributed by atoms with van der Waals surface area (Å²) < 4.78 is 11.2. The molecule has 1 aromatic carbocycles. The van der Waals surface area contributed by atoms with Gasteiger partial charge in [0.15, 0.2) is 17.5 Å². The molecule has 1 aliphatic heterocycles. The van der Waals surface area contributed by atoms with E-state index in [-0.39, 0.29) is 6.10 Å². The summed E-state index contributed by atoms with van der Waals surface area (Å²) in [7, 11) is 1.63. The molecule has 6 nitrogen and oxygen atoms in total. The van der Waals surface area contributed by atoms with Crippen LogP contribution in [0.2, 0.25) is 0 Å². The lowest BCUT2D eigenvalue weighted by Crippen LogP contribution is -2.43. The topological polar surface area (TPSA) is 75.1 Å². The highest BCUT2D eigenvalue weighted by atomic mass is 32.2. The fraction of sp³-hybridized carbons (Fsp3) is 0.611. The van der Waals surface area contributed by atoms with Crippen LogP contribution in [0.5, 0.6) is 11.5 Å². The molecule has 0 spiro atoms. The lowest BCUT2D eigenvalue weighted by atomic mass is 10.1. The molecule has 0 radical (unpaired) electrons. The van der Waals surface area contributed by atoms with E-state index < -0.39 is 5.60 Å². The summed E-state index contributed by atoms with van der Waals surface area (Å²) in [6, 6.07) is 7.60. The first-order valence-corrected chi connectivity index (χ1v) is 9.84. The Hall–Kier alpha value is -1.60. The van der Waals surface area contributed by atoms with Crippen LogP contribution in [0.15, 0.2) is 29.3 Å². The van der Waals surface area contributed by atoms with Crippen molar-refractivity contribution in [1.29, 1.82) is 0 Å². The summed E-state index contributed by atoms with van der Waals surface area (Å²) in [5.74, 6) is 3.89. The molecule has 1 aliphatic rings. The lowest BCUT2D eigenvalue weighted by molar-refractivity contribution is 0.0778. The monoisotopic (exact) mass is 367 g/mol. The highest BCUT2D eigenvalue weighted by molar-refractivity contribution is 7.99. The first-order chi connectivity index (χ1) is 12.1. The van der Waals surface area contributed by atoms with Gasteiger partial charge in [-0.15, -0.1) is 0 Å². The summed E-state index contributed by atoms with van der Waals surface area (Å²) in [5, 5.41) is 16.9. The van der Waals surface area contributed by atoms with E-state index in [1.807, 2.05) is 38.1 Å². The van der Waals surface area contributed by atoms with Gasteiger partial charge >= 0.3 is 0 Å². The number of nitrogens with zero attached hydrogens (tertiary/aromatic N) is 1. The molecule has 1 saturated heterocycles. The average Bonchev–Trinajstić information content (AvgIpc) is 3.05. The molecule has 1 aromatic rings. The Morgan fingerprint density at radius 2 is 2.12 bits per heavy atom. The number of benzene rings is 1. The Kier molecular flexibility index (Phi) is 7.71. The second-order valence-electron chi connectivity index (χ2n) is 6.18. The summed E-state index contributed by atoms with van der Waals surface area (Å²) in [6.45, 7) is 5.78. The minimum atomic E-state index is -0.674. The van der Waals surface area contributed by atoms with E-state index in [4.69, 9.17) is 9.47 Å². The molecular formula is C18H29N3O3S. The normalized spacial score (nSPS) is 21.7. The van der Waals surface area contributed by atoms with E-state index in [2.05, 4.69) is 15.6 Å². The predicted molar refractivity (Wildman–Crippen MR) is 104 cm³/mol. The zero-order valence-electron chi connectivity index (χ0n) is 15.2. The van der Waals surface area contributed by atoms with Crippen molar-refractivity contribution in [3.05, 3.63) is 24.3 Å². The molecule has 0 saturated carbocycles. The van der Waals surface area contributed by atoms with Gasteiger partial charge in [0, 0.05) is 12.3 Å². The van der Waals surface area contributed by atoms with Crippen molar-refractivity contribution in [3.63, 3.8) is 0 Å². The Morgan fingerprint density at radius 3 is 2.76 bits per heavy atom. The highest BCUT2D eigenvalue weighted by Crippen LogP contribution is 2.28. The minimum absolute atomic E-state index is 0.0646. The smallest absolute Gasteiger partial charge is 0.191 e. The number of aliphatic imine (C=N–C) groups is 1. The van der Waals surface area contributed by atoms with E-state index >= 15 is 0 Å². The van der Waals surface area contributed by atoms with Crippen LogP contribution in [0.4, 0.5) is 0 Å². The number of aliphatic hydroxyl groups is 1. The molecule has 140 valence electrons. The van der Waals surface area contributed by atoms with Crippen LogP contribution in [0, 0.1) is 0 Å². The fourth-order valence-corrected chi connectivity index (χ4v) is 3.79. The number of methoxy groups -OCH3 is 1.